The van der Waals surface area contributed by atoms with E-state index >= 15 is 0 Å². The number of aromatic nitrogens is 2. The van der Waals surface area contributed by atoms with Crippen LogP contribution in [0.4, 0.5) is 0 Å². The van der Waals surface area contributed by atoms with Crippen LogP contribution in [-0.4, -0.2) is 16.3 Å². The molecular formula is C11H12BrN3. The zero-order valence-electron chi connectivity index (χ0n) is 8.23. The molecule has 2 rings (SSSR count). The second-order valence-electron chi connectivity index (χ2n) is 3.22. The minimum atomic E-state index is 0.591. The lowest BCUT2D eigenvalue weighted by molar-refractivity contribution is 0.631. The molecule has 0 aliphatic heterocycles. The van der Waals surface area contributed by atoms with Crippen LogP contribution in [0.5, 0.6) is 0 Å². The number of hydrogen-bond acceptors (Lipinski definition) is 2. The van der Waals surface area contributed by atoms with Crippen LogP contribution in [0.3, 0.4) is 0 Å². The molecule has 2 aromatic rings. The fourth-order valence-corrected chi connectivity index (χ4v) is 2.06. The number of rotatable bonds is 3. The zero-order chi connectivity index (χ0) is 10.7. The van der Waals surface area contributed by atoms with Crippen molar-refractivity contribution in [1.29, 1.82) is 0 Å². The van der Waals surface area contributed by atoms with Gasteiger partial charge in [0.25, 0.3) is 0 Å². The molecule has 3 nitrogen and oxygen atoms in total. The first-order valence-corrected chi connectivity index (χ1v) is 5.59. The SMILES string of the molecule is NCCn1ncc(Br)c1-c1ccccc1. The molecule has 1 aromatic carbocycles. The van der Waals surface area contributed by atoms with Crippen molar-refractivity contribution in [3.63, 3.8) is 0 Å². The monoisotopic (exact) mass is 265 g/mol. The minimum Gasteiger partial charge on any atom is -0.329 e. The fraction of sp³-hybridized carbons (Fsp3) is 0.182. The van der Waals surface area contributed by atoms with E-state index in [-0.39, 0.29) is 0 Å². The zero-order valence-corrected chi connectivity index (χ0v) is 9.81. The lowest BCUT2D eigenvalue weighted by atomic mass is 10.1. The van der Waals surface area contributed by atoms with Gasteiger partial charge in [-0.2, -0.15) is 5.10 Å². The van der Waals surface area contributed by atoms with Crippen LogP contribution in [0.25, 0.3) is 11.3 Å². The van der Waals surface area contributed by atoms with Gasteiger partial charge in [-0.05, 0) is 15.9 Å². The maximum absolute atomic E-state index is 5.54. The van der Waals surface area contributed by atoms with Crippen LogP contribution < -0.4 is 5.73 Å². The van der Waals surface area contributed by atoms with Crippen molar-refractivity contribution in [1.82, 2.24) is 9.78 Å². The molecule has 0 saturated heterocycles. The highest BCUT2D eigenvalue weighted by molar-refractivity contribution is 9.10. The Kier molecular flexibility index (Phi) is 3.18. The summed E-state index contributed by atoms with van der Waals surface area (Å²) >= 11 is 3.50. The van der Waals surface area contributed by atoms with E-state index < -0.39 is 0 Å². The fourth-order valence-electron chi connectivity index (χ4n) is 1.54. The molecule has 0 aliphatic rings. The first kappa shape index (κ1) is 10.4. The van der Waals surface area contributed by atoms with Gasteiger partial charge in [-0.1, -0.05) is 30.3 Å². The highest BCUT2D eigenvalue weighted by atomic mass is 79.9. The van der Waals surface area contributed by atoms with Gasteiger partial charge in [-0.3, -0.25) is 4.68 Å². The number of nitrogens with zero attached hydrogens (tertiary/aromatic N) is 2. The van der Waals surface area contributed by atoms with Gasteiger partial charge in [-0.25, -0.2) is 0 Å². The molecule has 1 heterocycles. The van der Waals surface area contributed by atoms with Crippen LogP contribution >= 0.6 is 15.9 Å². The number of benzene rings is 1. The maximum atomic E-state index is 5.54. The van der Waals surface area contributed by atoms with E-state index in [9.17, 15) is 0 Å². The van der Waals surface area contributed by atoms with E-state index in [0.717, 1.165) is 22.3 Å². The Morgan fingerprint density at radius 3 is 2.67 bits per heavy atom. The highest BCUT2D eigenvalue weighted by Crippen LogP contribution is 2.27. The van der Waals surface area contributed by atoms with Crippen LogP contribution in [-0.2, 0) is 6.54 Å². The summed E-state index contributed by atoms with van der Waals surface area (Å²) < 4.78 is 2.92. The smallest absolute Gasteiger partial charge is 0.0825 e. The molecule has 0 aliphatic carbocycles. The average molecular weight is 266 g/mol. The predicted molar refractivity (Wildman–Crippen MR) is 64.4 cm³/mol. The summed E-state index contributed by atoms with van der Waals surface area (Å²) in [6, 6.07) is 10.2. The van der Waals surface area contributed by atoms with Gasteiger partial charge >= 0.3 is 0 Å². The summed E-state index contributed by atoms with van der Waals surface area (Å²) in [7, 11) is 0. The Hall–Kier alpha value is -1.13. The summed E-state index contributed by atoms with van der Waals surface area (Å²) in [5, 5.41) is 4.27. The van der Waals surface area contributed by atoms with Gasteiger partial charge in [-0.15, -0.1) is 0 Å². The maximum Gasteiger partial charge on any atom is 0.0825 e. The van der Waals surface area contributed by atoms with Crippen LogP contribution in [0.2, 0.25) is 0 Å². The molecule has 0 bridgehead atoms. The number of halogens is 1. The minimum absolute atomic E-state index is 0.591. The highest BCUT2D eigenvalue weighted by Gasteiger charge is 2.09. The Labute approximate surface area is 97.0 Å². The van der Waals surface area contributed by atoms with Crippen LogP contribution in [0.15, 0.2) is 41.0 Å². The molecular weight excluding hydrogens is 254 g/mol. The summed E-state index contributed by atoms with van der Waals surface area (Å²) in [6.07, 6.45) is 1.80. The molecule has 15 heavy (non-hydrogen) atoms. The third kappa shape index (κ3) is 2.11. The van der Waals surface area contributed by atoms with Crippen molar-refractivity contribution < 1.29 is 0 Å². The van der Waals surface area contributed by atoms with Gasteiger partial charge in [0.1, 0.15) is 0 Å². The van der Waals surface area contributed by atoms with E-state index in [2.05, 4.69) is 33.2 Å². The van der Waals surface area contributed by atoms with E-state index in [4.69, 9.17) is 5.73 Å². The Morgan fingerprint density at radius 1 is 1.27 bits per heavy atom. The second kappa shape index (κ2) is 4.59. The molecule has 0 spiro atoms. The average Bonchev–Trinajstić information content (AvgIpc) is 2.62. The van der Waals surface area contributed by atoms with Gasteiger partial charge in [0.15, 0.2) is 0 Å². The van der Waals surface area contributed by atoms with Crippen LogP contribution in [0, 0.1) is 0 Å². The third-order valence-corrected chi connectivity index (χ3v) is 2.76. The molecule has 0 atom stereocenters. The van der Waals surface area contributed by atoms with E-state index in [1.165, 1.54) is 0 Å². The van der Waals surface area contributed by atoms with Gasteiger partial charge < -0.3 is 5.73 Å². The molecule has 0 amide bonds. The predicted octanol–water partition coefficient (Wildman–Crippen LogP) is 2.27. The Bertz CT molecular complexity index is 436. The lowest BCUT2D eigenvalue weighted by Crippen LogP contribution is -2.11. The Balaban J connectivity index is 2.47. The van der Waals surface area contributed by atoms with E-state index in [0.29, 0.717) is 6.54 Å². The van der Waals surface area contributed by atoms with E-state index in [1.54, 1.807) is 6.20 Å². The van der Waals surface area contributed by atoms with Crippen molar-refractivity contribution in [2.75, 3.05) is 6.54 Å². The molecule has 4 heteroatoms. The first-order chi connectivity index (χ1) is 7.33. The topological polar surface area (TPSA) is 43.8 Å². The molecule has 0 radical (unpaired) electrons. The van der Waals surface area contributed by atoms with Crippen molar-refractivity contribution in [2.45, 2.75) is 6.54 Å². The van der Waals surface area contributed by atoms with E-state index in [1.807, 2.05) is 22.9 Å². The number of hydrogen-bond donors (Lipinski definition) is 1. The molecule has 2 N–H and O–H groups in total. The van der Waals surface area contributed by atoms with Gasteiger partial charge in [0.2, 0.25) is 0 Å². The van der Waals surface area contributed by atoms with Crippen molar-refractivity contribution in [3.05, 3.63) is 41.0 Å². The van der Waals surface area contributed by atoms with Gasteiger partial charge in [0, 0.05) is 12.1 Å². The third-order valence-electron chi connectivity index (χ3n) is 2.18. The largest absolute Gasteiger partial charge is 0.329 e. The van der Waals surface area contributed by atoms with Crippen molar-refractivity contribution >= 4 is 15.9 Å². The van der Waals surface area contributed by atoms with Crippen molar-refractivity contribution in [2.24, 2.45) is 5.73 Å². The Morgan fingerprint density at radius 2 is 2.00 bits per heavy atom. The lowest BCUT2D eigenvalue weighted by Gasteiger charge is -2.06. The summed E-state index contributed by atoms with van der Waals surface area (Å²) in [4.78, 5) is 0. The quantitative estimate of drug-likeness (QED) is 0.926. The van der Waals surface area contributed by atoms with Crippen LogP contribution in [0.1, 0.15) is 0 Å². The summed E-state index contributed by atoms with van der Waals surface area (Å²) in [5.74, 6) is 0. The normalized spacial score (nSPS) is 10.5. The van der Waals surface area contributed by atoms with Gasteiger partial charge in [0.05, 0.1) is 22.9 Å². The molecule has 78 valence electrons. The molecule has 1 aromatic heterocycles. The first-order valence-electron chi connectivity index (χ1n) is 4.79. The standard InChI is InChI=1S/C11H12BrN3/c12-10-8-14-15(7-6-13)11(10)9-4-2-1-3-5-9/h1-5,8H,6-7,13H2. The van der Waals surface area contributed by atoms with Crippen molar-refractivity contribution in [3.8, 4) is 11.3 Å². The second-order valence-corrected chi connectivity index (χ2v) is 4.07. The summed E-state index contributed by atoms with van der Waals surface area (Å²) in [6.45, 7) is 1.32. The number of nitrogens with two attached hydrogens (primary N) is 1. The molecule has 0 fully saturated rings. The molecule has 0 unspecified atom stereocenters. The molecule has 0 saturated carbocycles. The summed E-state index contributed by atoms with van der Waals surface area (Å²) in [5.41, 5.74) is 7.77.